The largest absolute Gasteiger partial charge is 0.475 e. The molecule has 3 heterocycles. The number of aromatic carboxylic acids is 1. The SMILES string of the molecule is O=C(O)c1ccc(Cn2nnnc2Cc2cccs2)o1. The van der Waals surface area contributed by atoms with Crippen molar-refractivity contribution in [3.05, 3.63) is 51.9 Å². The van der Waals surface area contributed by atoms with E-state index >= 15 is 0 Å². The Labute approximate surface area is 117 Å². The molecule has 1 N–H and O–H groups in total. The van der Waals surface area contributed by atoms with Gasteiger partial charge in [-0.1, -0.05) is 6.07 Å². The summed E-state index contributed by atoms with van der Waals surface area (Å²) >= 11 is 1.63. The van der Waals surface area contributed by atoms with Gasteiger partial charge in [-0.25, -0.2) is 9.48 Å². The van der Waals surface area contributed by atoms with E-state index in [-0.39, 0.29) is 5.76 Å². The highest BCUT2D eigenvalue weighted by atomic mass is 32.1. The summed E-state index contributed by atoms with van der Waals surface area (Å²) in [6.07, 6.45) is 0.636. The molecule has 0 aliphatic carbocycles. The Kier molecular flexibility index (Phi) is 3.30. The molecule has 0 amide bonds. The highest BCUT2D eigenvalue weighted by Gasteiger charge is 2.13. The standard InChI is InChI=1S/C12H10N4O3S/c17-12(18)10-4-3-8(19-10)7-16-11(13-14-15-16)6-9-2-1-5-20-9/h1-5H,6-7H2,(H,17,18). The predicted molar refractivity (Wildman–Crippen MR) is 69.7 cm³/mol. The van der Waals surface area contributed by atoms with Gasteiger partial charge in [0.25, 0.3) is 0 Å². The van der Waals surface area contributed by atoms with Crippen LogP contribution >= 0.6 is 11.3 Å². The highest BCUT2D eigenvalue weighted by molar-refractivity contribution is 7.09. The fraction of sp³-hybridized carbons (Fsp3) is 0.167. The summed E-state index contributed by atoms with van der Waals surface area (Å²) in [5.41, 5.74) is 0. The van der Waals surface area contributed by atoms with E-state index in [1.54, 1.807) is 22.1 Å². The second kappa shape index (κ2) is 5.25. The van der Waals surface area contributed by atoms with Crippen molar-refractivity contribution in [2.45, 2.75) is 13.0 Å². The van der Waals surface area contributed by atoms with E-state index in [2.05, 4.69) is 15.5 Å². The van der Waals surface area contributed by atoms with Crippen LogP contribution in [0, 0.1) is 0 Å². The lowest BCUT2D eigenvalue weighted by molar-refractivity contribution is 0.0660. The lowest BCUT2D eigenvalue weighted by atomic mass is 10.3. The molecule has 0 atom stereocenters. The van der Waals surface area contributed by atoms with E-state index < -0.39 is 5.97 Å². The molecular weight excluding hydrogens is 280 g/mol. The minimum atomic E-state index is -1.09. The van der Waals surface area contributed by atoms with Gasteiger partial charge in [-0.2, -0.15) is 0 Å². The third kappa shape index (κ3) is 2.59. The minimum Gasteiger partial charge on any atom is -0.475 e. The molecule has 0 aliphatic heterocycles. The first kappa shape index (κ1) is 12.5. The topological polar surface area (TPSA) is 94.0 Å². The smallest absolute Gasteiger partial charge is 0.371 e. The predicted octanol–water partition coefficient (Wildman–Crippen LogP) is 1.66. The molecule has 20 heavy (non-hydrogen) atoms. The molecule has 0 saturated heterocycles. The number of hydrogen-bond donors (Lipinski definition) is 1. The summed E-state index contributed by atoms with van der Waals surface area (Å²) in [5, 5.41) is 22.3. The van der Waals surface area contributed by atoms with Crippen molar-refractivity contribution in [1.29, 1.82) is 0 Å². The number of carboxylic acid groups (broad SMARTS) is 1. The van der Waals surface area contributed by atoms with E-state index in [0.29, 0.717) is 24.6 Å². The average molecular weight is 290 g/mol. The van der Waals surface area contributed by atoms with E-state index in [1.165, 1.54) is 6.07 Å². The number of nitrogens with zero attached hydrogens (tertiary/aromatic N) is 4. The zero-order valence-corrected chi connectivity index (χ0v) is 11.1. The maximum Gasteiger partial charge on any atom is 0.371 e. The van der Waals surface area contributed by atoms with Gasteiger partial charge in [0.2, 0.25) is 5.76 Å². The first-order valence-corrected chi connectivity index (χ1v) is 6.70. The van der Waals surface area contributed by atoms with Crippen molar-refractivity contribution in [1.82, 2.24) is 20.2 Å². The fourth-order valence-electron chi connectivity index (χ4n) is 1.77. The van der Waals surface area contributed by atoms with Gasteiger partial charge in [0.05, 0.1) is 0 Å². The second-order valence-corrected chi connectivity index (χ2v) is 5.11. The van der Waals surface area contributed by atoms with Crippen molar-refractivity contribution < 1.29 is 14.3 Å². The number of tetrazole rings is 1. The van der Waals surface area contributed by atoms with Gasteiger partial charge in [-0.15, -0.1) is 16.4 Å². The summed E-state index contributed by atoms with van der Waals surface area (Å²) in [6.45, 7) is 0.307. The Morgan fingerprint density at radius 2 is 2.30 bits per heavy atom. The summed E-state index contributed by atoms with van der Waals surface area (Å²) in [6, 6.07) is 7.01. The van der Waals surface area contributed by atoms with Crippen LogP contribution < -0.4 is 0 Å². The van der Waals surface area contributed by atoms with Crippen LogP contribution in [0.2, 0.25) is 0 Å². The first-order valence-electron chi connectivity index (χ1n) is 5.82. The van der Waals surface area contributed by atoms with E-state index in [1.807, 2.05) is 17.5 Å². The highest BCUT2D eigenvalue weighted by Crippen LogP contribution is 2.14. The molecule has 0 aromatic carbocycles. The average Bonchev–Trinajstić information content (AvgIpc) is 3.13. The number of carbonyl (C=O) groups is 1. The molecule has 102 valence electrons. The van der Waals surface area contributed by atoms with Crippen LogP contribution in [-0.2, 0) is 13.0 Å². The van der Waals surface area contributed by atoms with Crippen LogP contribution in [0.3, 0.4) is 0 Å². The lowest BCUT2D eigenvalue weighted by Gasteiger charge is -2.01. The fourth-order valence-corrected chi connectivity index (χ4v) is 2.47. The summed E-state index contributed by atoms with van der Waals surface area (Å²) < 4.78 is 6.80. The van der Waals surface area contributed by atoms with Crippen LogP contribution in [0.4, 0.5) is 0 Å². The molecule has 0 aliphatic rings. The second-order valence-electron chi connectivity index (χ2n) is 4.08. The summed E-state index contributed by atoms with van der Waals surface area (Å²) in [7, 11) is 0. The van der Waals surface area contributed by atoms with Crippen LogP contribution in [-0.4, -0.2) is 31.3 Å². The molecule has 8 heteroatoms. The first-order chi connectivity index (χ1) is 9.72. The van der Waals surface area contributed by atoms with Crippen molar-refractivity contribution in [2.75, 3.05) is 0 Å². The zero-order chi connectivity index (χ0) is 13.9. The third-order valence-corrected chi connectivity index (χ3v) is 3.57. The van der Waals surface area contributed by atoms with Crippen LogP contribution in [0.5, 0.6) is 0 Å². The Balaban J connectivity index is 1.77. The summed E-state index contributed by atoms with van der Waals surface area (Å²) in [4.78, 5) is 11.9. The maximum absolute atomic E-state index is 10.8. The monoisotopic (exact) mass is 290 g/mol. The number of rotatable bonds is 5. The lowest BCUT2D eigenvalue weighted by Crippen LogP contribution is -2.06. The maximum atomic E-state index is 10.8. The van der Waals surface area contributed by atoms with Gasteiger partial charge in [0.15, 0.2) is 5.82 Å². The van der Waals surface area contributed by atoms with E-state index in [0.717, 1.165) is 4.88 Å². The summed E-state index contributed by atoms with van der Waals surface area (Å²) in [5.74, 6) is 0.0301. The molecule has 0 radical (unpaired) electrons. The number of thiophene rings is 1. The number of furan rings is 1. The number of carboxylic acids is 1. The molecule has 0 fully saturated rings. The molecule has 0 saturated carbocycles. The Bertz CT molecular complexity index is 717. The third-order valence-electron chi connectivity index (χ3n) is 2.70. The van der Waals surface area contributed by atoms with Crippen LogP contribution in [0.25, 0.3) is 0 Å². The van der Waals surface area contributed by atoms with E-state index in [4.69, 9.17) is 9.52 Å². The van der Waals surface area contributed by atoms with Crippen LogP contribution in [0.1, 0.15) is 27.0 Å². The molecule has 3 aromatic heterocycles. The Hall–Kier alpha value is -2.48. The van der Waals surface area contributed by atoms with Gasteiger partial charge in [-0.3, -0.25) is 0 Å². The Morgan fingerprint density at radius 1 is 1.40 bits per heavy atom. The molecule has 0 unspecified atom stereocenters. The van der Waals surface area contributed by atoms with Gasteiger partial charge < -0.3 is 9.52 Å². The van der Waals surface area contributed by atoms with Gasteiger partial charge >= 0.3 is 5.97 Å². The van der Waals surface area contributed by atoms with Crippen molar-refractivity contribution in [2.24, 2.45) is 0 Å². The van der Waals surface area contributed by atoms with Crippen molar-refractivity contribution in [3.8, 4) is 0 Å². The molecule has 3 aromatic rings. The normalized spacial score (nSPS) is 10.8. The zero-order valence-electron chi connectivity index (χ0n) is 10.3. The molecule has 0 spiro atoms. The van der Waals surface area contributed by atoms with Crippen molar-refractivity contribution >= 4 is 17.3 Å². The quantitative estimate of drug-likeness (QED) is 0.768. The van der Waals surface area contributed by atoms with Crippen molar-refractivity contribution in [3.63, 3.8) is 0 Å². The van der Waals surface area contributed by atoms with Gasteiger partial charge in [-0.05, 0) is 34.0 Å². The Morgan fingerprint density at radius 3 is 3.00 bits per heavy atom. The molecule has 0 bridgehead atoms. The molecular formula is C12H10N4O3S. The number of hydrogen-bond acceptors (Lipinski definition) is 6. The molecule has 7 nitrogen and oxygen atoms in total. The molecule has 3 rings (SSSR count). The van der Waals surface area contributed by atoms with Gasteiger partial charge in [0.1, 0.15) is 12.3 Å². The number of aromatic nitrogens is 4. The minimum absolute atomic E-state index is 0.0899. The van der Waals surface area contributed by atoms with Crippen LogP contribution in [0.15, 0.2) is 34.1 Å². The van der Waals surface area contributed by atoms with E-state index in [9.17, 15) is 4.79 Å². The van der Waals surface area contributed by atoms with Gasteiger partial charge in [0, 0.05) is 11.3 Å².